The lowest BCUT2D eigenvalue weighted by atomic mass is 9.97. The lowest BCUT2D eigenvalue weighted by molar-refractivity contribution is -0.129. The maximum Gasteiger partial charge on any atom is 0.237 e. The molecule has 6 nitrogen and oxygen atoms in total. The second-order valence-electron chi connectivity index (χ2n) is 7.04. The van der Waals surface area contributed by atoms with Crippen molar-refractivity contribution in [3.05, 3.63) is 30.1 Å². The number of nitrogens with zero attached hydrogens (tertiary/aromatic N) is 3. The molecular weight excluding hydrogens is 316 g/mol. The highest BCUT2D eigenvalue weighted by Crippen LogP contribution is 2.19. The Labute approximate surface area is 150 Å². The van der Waals surface area contributed by atoms with Crippen LogP contribution in [-0.2, 0) is 16.1 Å². The van der Waals surface area contributed by atoms with E-state index >= 15 is 0 Å². The second-order valence-corrected chi connectivity index (χ2v) is 7.04. The average molecular weight is 346 g/mol. The molecule has 1 saturated heterocycles. The molecule has 0 bridgehead atoms. The molecule has 1 amide bonds. The van der Waals surface area contributed by atoms with Crippen molar-refractivity contribution in [1.29, 1.82) is 0 Å². The van der Waals surface area contributed by atoms with E-state index in [-0.39, 0.29) is 18.1 Å². The number of hydrogen-bond acceptors (Lipinski definition) is 4. The first-order valence-electron chi connectivity index (χ1n) is 9.51. The molecule has 1 N–H and O–H groups in total. The first kappa shape index (κ1) is 18.1. The molecular formula is C19H30N4O2. The van der Waals surface area contributed by atoms with Crippen LogP contribution in [-0.4, -0.2) is 59.0 Å². The highest BCUT2D eigenvalue weighted by Gasteiger charge is 2.28. The van der Waals surface area contributed by atoms with Crippen LogP contribution in [0.4, 0.5) is 0 Å². The summed E-state index contributed by atoms with van der Waals surface area (Å²) in [7, 11) is 0. The minimum Gasteiger partial charge on any atom is -0.374 e. The molecule has 0 aromatic carbocycles. The van der Waals surface area contributed by atoms with Gasteiger partial charge in [-0.1, -0.05) is 11.6 Å². The maximum atomic E-state index is 12.5. The summed E-state index contributed by atoms with van der Waals surface area (Å²) in [5.41, 5.74) is 1.50. The van der Waals surface area contributed by atoms with Crippen molar-refractivity contribution in [2.24, 2.45) is 0 Å². The van der Waals surface area contributed by atoms with Gasteiger partial charge >= 0.3 is 0 Å². The summed E-state index contributed by atoms with van der Waals surface area (Å²) in [6.07, 6.45) is 12.1. The molecule has 6 heteroatoms. The Morgan fingerprint density at radius 3 is 3.16 bits per heavy atom. The van der Waals surface area contributed by atoms with Gasteiger partial charge in [-0.05, 0) is 45.1 Å². The SMILES string of the molecule is C[C@H](C(=O)NCCC1=CCCCC1)N1CCO[C@@H](Cn2cccn2)C1. The first-order chi connectivity index (χ1) is 12.2. The van der Waals surface area contributed by atoms with Crippen LogP contribution in [0, 0.1) is 0 Å². The normalized spacial score (nSPS) is 23.1. The number of allylic oxidation sites excluding steroid dienone is 1. The van der Waals surface area contributed by atoms with E-state index in [0.717, 1.165) is 32.6 Å². The Kier molecular flexibility index (Phi) is 6.64. The van der Waals surface area contributed by atoms with Gasteiger partial charge in [-0.25, -0.2) is 0 Å². The van der Waals surface area contributed by atoms with Gasteiger partial charge in [0, 0.05) is 32.0 Å². The van der Waals surface area contributed by atoms with E-state index in [0.29, 0.717) is 6.61 Å². The third-order valence-corrected chi connectivity index (χ3v) is 5.18. The van der Waals surface area contributed by atoms with E-state index in [2.05, 4.69) is 21.4 Å². The zero-order chi connectivity index (χ0) is 17.5. The predicted octanol–water partition coefficient (Wildman–Crippen LogP) is 1.98. The predicted molar refractivity (Wildman–Crippen MR) is 97.2 cm³/mol. The Morgan fingerprint density at radius 1 is 1.48 bits per heavy atom. The van der Waals surface area contributed by atoms with E-state index in [1.807, 2.05) is 23.9 Å². The fraction of sp³-hybridized carbons (Fsp3) is 0.684. The minimum absolute atomic E-state index is 0.0799. The molecule has 2 heterocycles. The van der Waals surface area contributed by atoms with Crippen LogP contribution >= 0.6 is 0 Å². The van der Waals surface area contributed by atoms with Crippen molar-refractivity contribution in [2.75, 3.05) is 26.2 Å². The fourth-order valence-electron chi connectivity index (χ4n) is 3.61. The highest BCUT2D eigenvalue weighted by atomic mass is 16.5. The number of morpholine rings is 1. The lowest BCUT2D eigenvalue weighted by Crippen LogP contribution is -2.53. The van der Waals surface area contributed by atoms with E-state index in [4.69, 9.17) is 4.74 Å². The number of amides is 1. The number of aromatic nitrogens is 2. The van der Waals surface area contributed by atoms with Gasteiger partial charge in [-0.15, -0.1) is 0 Å². The summed E-state index contributed by atoms with van der Waals surface area (Å²) in [6, 6.07) is 1.79. The van der Waals surface area contributed by atoms with E-state index in [1.165, 1.54) is 31.3 Å². The molecule has 2 aliphatic rings. The van der Waals surface area contributed by atoms with Crippen LogP contribution in [0.1, 0.15) is 39.0 Å². The van der Waals surface area contributed by atoms with Crippen molar-refractivity contribution in [3.8, 4) is 0 Å². The van der Waals surface area contributed by atoms with Crippen molar-refractivity contribution in [2.45, 2.75) is 57.7 Å². The Bertz CT molecular complexity index is 570. The maximum absolute atomic E-state index is 12.5. The lowest BCUT2D eigenvalue weighted by Gasteiger charge is -2.36. The molecule has 25 heavy (non-hydrogen) atoms. The summed E-state index contributed by atoms with van der Waals surface area (Å²) < 4.78 is 7.72. The van der Waals surface area contributed by atoms with E-state index < -0.39 is 0 Å². The van der Waals surface area contributed by atoms with Crippen LogP contribution in [0.15, 0.2) is 30.1 Å². The van der Waals surface area contributed by atoms with Gasteiger partial charge in [-0.2, -0.15) is 5.10 Å². The molecule has 2 atom stereocenters. The molecule has 1 aliphatic carbocycles. The minimum atomic E-state index is -0.121. The van der Waals surface area contributed by atoms with Gasteiger partial charge in [0.05, 0.1) is 25.3 Å². The zero-order valence-electron chi connectivity index (χ0n) is 15.2. The topological polar surface area (TPSA) is 59.4 Å². The molecule has 3 rings (SSSR count). The van der Waals surface area contributed by atoms with Crippen LogP contribution in [0.5, 0.6) is 0 Å². The van der Waals surface area contributed by atoms with Crippen LogP contribution in [0.25, 0.3) is 0 Å². The summed E-state index contributed by atoms with van der Waals surface area (Å²) in [5, 5.41) is 7.34. The molecule has 0 unspecified atom stereocenters. The molecule has 0 radical (unpaired) electrons. The smallest absolute Gasteiger partial charge is 0.237 e. The number of carbonyl (C=O) groups is 1. The Hall–Kier alpha value is -1.66. The largest absolute Gasteiger partial charge is 0.374 e. The summed E-state index contributed by atoms with van der Waals surface area (Å²) in [6.45, 7) is 5.69. The Balaban J connectivity index is 1.42. The molecule has 138 valence electrons. The van der Waals surface area contributed by atoms with Crippen molar-refractivity contribution < 1.29 is 9.53 Å². The van der Waals surface area contributed by atoms with Gasteiger partial charge in [0.15, 0.2) is 0 Å². The number of hydrogen-bond donors (Lipinski definition) is 1. The zero-order valence-corrected chi connectivity index (χ0v) is 15.2. The number of rotatable bonds is 7. The third-order valence-electron chi connectivity index (χ3n) is 5.18. The third kappa shape index (κ3) is 5.41. The van der Waals surface area contributed by atoms with Crippen molar-refractivity contribution in [1.82, 2.24) is 20.0 Å². The quantitative estimate of drug-likeness (QED) is 0.767. The van der Waals surface area contributed by atoms with Crippen molar-refractivity contribution >= 4 is 5.91 Å². The monoisotopic (exact) mass is 346 g/mol. The highest BCUT2D eigenvalue weighted by molar-refractivity contribution is 5.81. The van der Waals surface area contributed by atoms with Gasteiger partial charge in [-0.3, -0.25) is 14.4 Å². The number of ether oxygens (including phenoxy) is 1. The van der Waals surface area contributed by atoms with Crippen LogP contribution in [0.3, 0.4) is 0 Å². The first-order valence-corrected chi connectivity index (χ1v) is 9.51. The van der Waals surface area contributed by atoms with Crippen LogP contribution in [0.2, 0.25) is 0 Å². The number of nitrogens with one attached hydrogen (secondary N) is 1. The molecule has 0 spiro atoms. The molecule has 1 aliphatic heterocycles. The second kappa shape index (κ2) is 9.15. The fourth-order valence-corrected chi connectivity index (χ4v) is 3.61. The van der Waals surface area contributed by atoms with E-state index in [9.17, 15) is 4.79 Å². The number of carbonyl (C=O) groups excluding carboxylic acids is 1. The van der Waals surface area contributed by atoms with Gasteiger partial charge in [0.2, 0.25) is 5.91 Å². The summed E-state index contributed by atoms with van der Waals surface area (Å²) in [5.74, 6) is 0.121. The van der Waals surface area contributed by atoms with Gasteiger partial charge < -0.3 is 10.1 Å². The summed E-state index contributed by atoms with van der Waals surface area (Å²) >= 11 is 0. The van der Waals surface area contributed by atoms with Crippen molar-refractivity contribution in [3.63, 3.8) is 0 Å². The van der Waals surface area contributed by atoms with Gasteiger partial charge in [0.1, 0.15) is 0 Å². The molecule has 0 saturated carbocycles. The molecule has 1 fully saturated rings. The molecule has 1 aromatic heterocycles. The van der Waals surface area contributed by atoms with Gasteiger partial charge in [0.25, 0.3) is 0 Å². The Morgan fingerprint density at radius 2 is 2.40 bits per heavy atom. The average Bonchev–Trinajstić information content (AvgIpc) is 3.15. The van der Waals surface area contributed by atoms with Crippen LogP contribution < -0.4 is 5.32 Å². The van der Waals surface area contributed by atoms with E-state index in [1.54, 1.807) is 6.20 Å². The molecule has 1 aromatic rings. The standard InChI is InChI=1S/C19H30N4O2/c1-16(19(24)20-10-8-17-6-3-2-4-7-17)22-12-13-25-18(14-22)15-23-11-5-9-21-23/h5-6,9,11,16,18H,2-4,7-8,10,12-15H2,1H3,(H,20,24)/t16-,18-/m1/s1. The summed E-state index contributed by atoms with van der Waals surface area (Å²) in [4.78, 5) is 14.7.